The van der Waals surface area contributed by atoms with E-state index in [1.54, 1.807) is 6.33 Å². The van der Waals surface area contributed by atoms with Gasteiger partial charge in [0.15, 0.2) is 9.84 Å². The molecule has 2 aliphatic rings. The van der Waals surface area contributed by atoms with Gasteiger partial charge in [0.2, 0.25) is 0 Å². The summed E-state index contributed by atoms with van der Waals surface area (Å²) in [5, 5.41) is 7.66. The van der Waals surface area contributed by atoms with Crippen LogP contribution in [0.3, 0.4) is 0 Å². The Balaban J connectivity index is 1.94. The molecule has 7 nitrogen and oxygen atoms in total. The lowest BCUT2D eigenvalue weighted by Crippen LogP contribution is -2.61. The van der Waals surface area contributed by atoms with Gasteiger partial charge in [0.05, 0.1) is 17.3 Å². The Kier molecular flexibility index (Phi) is 3.34. The third kappa shape index (κ3) is 2.06. The van der Waals surface area contributed by atoms with Crippen LogP contribution < -0.4 is 5.73 Å². The van der Waals surface area contributed by atoms with Crippen LogP contribution in [0.25, 0.3) is 0 Å². The topological polar surface area (TPSA) is 94.1 Å². The molecule has 2 heterocycles. The van der Waals surface area contributed by atoms with Crippen LogP contribution in [0.2, 0.25) is 0 Å². The van der Waals surface area contributed by atoms with Crippen molar-refractivity contribution in [2.75, 3.05) is 19.3 Å². The average molecular weight is 299 g/mol. The molecule has 2 unspecified atom stereocenters. The van der Waals surface area contributed by atoms with E-state index in [1.165, 1.54) is 6.26 Å². The molecule has 0 saturated heterocycles. The van der Waals surface area contributed by atoms with Crippen molar-refractivity contribution in [2.24, 2.45) is 5.73 Å². The molecule has 1 aliphatic carbocycles. The van der Waals surface area contributed by atoms with E-state index in [0.29, 0.717) is 19.5 Å². The molecular weight excluding hydrogens is 278 g/mol. The van der Waals surface area contributed by atoms with Gasteiger partial charge in [-0.15, -0.1) is 10.2 Å². The fourth-order valence-corrected chi connectivity index (χ4v) is 5.56. The molecule has 0 spiro atoms. The molecule has 1 saturated carbocycles. The minimum absolute atomic E-state index is 0.366. The van der Waals surface area contributed by atoms with E-state index in [0.717, 1.165) is 31.8 Å². The SMILES string of the molecule is CS(=O)(=O)C1CCCC1(CN)N1CCn2cnnc2C1. The largest absolute Gasteiger partial charge is 0.329 e. The second-order valence-electron chi connectivity index (χ2n) is 5.88. The first-order valence-electron chi connectivity index (χ1n) is 6.98. The van der Waals surface area contributed by atoms with E-state index in [-0.39, 0.29) is 5.25 Å². The van der Waals surface area contributed by atoms with Crippen molar-refractivity contribution in [2.45, 2.75) is 43.1 Å². The van der Waals surface area contributed by atoms with Crippen LogP contribution in [0.1, 0.15) is 25.1 Å². The molecule has 20 heavy (non-hydrogen) atoms. The van der Waals surface area contributed by atoms with E-state index in [2.05, 4.69) is 15.1 Å². The number of fused-ring (bicyclic) bond motifs is 1. The smallest absolute Gasteiger partial charge is 0.152 e. The second kappa shape index (κ2) is 4.78. The van der Waals surface area contributed by atoms with E-state index >= 15 is 0 Å². The number of rotatable bonds is 3. The summed E-state index contributed by atoms with van der Waals surface area (Å²) in [6.45, 7) is 2.59. The van der Waals surface area contributed by atoms with Gasteiger partial charge >= 0.3 is 0 Å². The average Bonchev–Trinajstić information content (AvgIpc) is 3.04. The van der Waals surface area contributed by atoms with Crippen LogP contribution >= 0.6 is 0 Å². The third-order valence-electron chi connectivity index (χ3n) is 4.81. The molecule has 2 atom stereocenters. The first-order chi connectivity index (χ1) is 9.47. The third-order valence-corrected chi connectivity index (χ3v) is 6.52. The predicted molar refractivity (Wildman–Crippen MR) is 74.7 cm³/mol. The molecule has 1 fully saturated rings. The number of nitrogens with zero attached hydrogens (tertiary/aromatic N) is 4. The Morgan fingerprint density at radius 3 is 3.00 bits per heavy atom. The van der Waals surface area contributed by atoms with Crippen LogP contribution in [-0.2, 0) is 22.9 Å². The van der Waals surface area contributed by atoms with Crippen LogP contribution in [0.15, 0.2) is 6.33 Å². The van der Waals surface area contributed by atoms with E-state index < -0.39 is 15.4 Å². The molecule has 0 radical (unpaired) electrons. The second-order valence-corrected chi connectivity index (χ2v) is 8.11. The lowest BCUT2D eigenvalue weighted by atomic mass is 9.94. The molecule has 8 heteroatoms. The van der Waals surface area contributed by atoms with E-state index in [4.69, 9.17) is 5.73 Å². The highest BCUT2D eigenvalue weighted by molar-refractivity contribution is 7.91. The van der Waals surface area contributed by atoms with Gasteiger partial charge in [-0.1, -0.05) is 6.42 Å². The number of hydrogen-bond donors (Lipinski definition) is 1. The van der Waals surface area contributed by atoms with Crippen LogP contribution in [0.5, 0.6) is 0 Å². The number of aromatic nitrogens is 3. The van der Waals surface area contributed by atoms with Gasteiger partial charge in [0.1, 0.15) is 12.2 Å². The normalized spacial score (nSPS) is 31.4. The highest BCUT2D eigenvalue weighted by Crippen LogP contribution is 2.40. The molecule has 2 N–H and O–H groups in total. The van der Waals surface area contributed by atoms with Crippen molar-refractivity contribution in [3.63, 3.8) is 0 Å². The first kappa shape index (κ1) is 14.0. The number of nitrogens with two attached hydrogens (primary N) is 1. The lowest BCUT2D eigenvalue weighted by Gasteiger charge is -2.45. The van der Waals surface area contributed by atoms with Gasteiger partial charge < -0.3 is 10.3 Å². The Morgan fingerprint density at radius 1 is 1.50 bits per heavy atom. The summed E-state index contributed by atoms with van der Waals surface area (Å²) in [6.07, 6.45) is 5.52. The zero-order valence-corrected chi connectivity index (χ0v) is 12.5. The van der Waals surface area contributed by atoms with Crippen molar-refractivity contribution in [3.05, 3.63) is 12.2 Å². The van der Waals surface area contributed by atoms with Gasteiger partial charge in [-0.05, 0) is 12.8 Å². The Morgan fingerprint density at radius 2 is 2.30 bits per heavy atom. The van der Waals surface area contributed by atoms with Crippen LogP contribution in [-0.4, -0.2) is 58.2 Å². The molecule has 1 aromatic heterocycles. The maximum absolute atomic E-state index is 12.1. The summed E-state index contributed by atoms with van der Waals surface area (Å²) < 4.78 is 26.3. The standard InChI is InChI=1S/C12H21N5O2S/c1-20(18,19)10-3-2-4-12(10,8-13)17-6-5-16-9-14-15-11(16)7-17/h9-10H,2-8,13H2,1H3. The summed E-state index contributed by atoms with van der Waals surface area (Å²) >= 11 is 0. The molecular formula is C12H21N5O2S. The zero-order chi connectivity index (χ0) is 14.4. The number of sulfone groups is 1. The van der Waals surface area contributed by atoms with Crippen molar-refractivity contribution in [3.8, 4) is 0 Å². The molecule has 1 aromatic rings. The molecule has 0 bridgehead atoms. The van der Waals surface area contributed by atoms with Crippen molar-refractivity contribution in [1.82, 2.24) is 19.7 Å². The van der Waals surface area contributed by atoms with Gasteiger partial charge in [-0.25, -0.2) is 8.42 Å². The maximum atomic E-state index is 12.1. The summed E-state index contributed by atoms with van der Waals surface area (Å²) in [5.41, 5.74) is 5.59. The van der Waals surface area contributed by atoms with Gasteiger partial charge in [-0.3, -0.25) is 4.90 Å². The fourth-order valence-electron chi connectivity index (χ4n) is 3.81. The minimum atomic E-state index is -3.10. The van der Waals surface area contributed by atoms with Crippen LogP contribution in [0.4, 0.5) is 0 Å². The Labute approximate surface area is 119 Å². The maximum Gasteiger partial charge on any atom is 0.152 e. The lowest BCUT2D eigenvalue weighted by molar-refractivity contribution is 0.0700. The van der Waals surface area contributed by atoms with Crippen molar-refractivity contribution >= 4 is 9.84 Å². The summed E-state index contributed by atoms with van der Waals surface area (Å²) in [6, 6.07) is 0. The summed E-state index contributed by atoms with van der Waals surface area (Å²) in [4.78, 5) is 2.22. The van der Waals surface area contributed by atoms with E-state index in [1.807, 2.05) is 4.57 Å². The van der Waals surface area contributed by atoms with Crippen molar-refractivity contribution < 1.29 is 8.42 Å². The quantitative estimate of drug-likeness (QED) is 0.800. The Bertz CT molecular complexity index is 599. The Hall–Kier alpha value is -0.990. The first-order valence-corrected chi connectivity index (χ1v) is 8.93. The van der Waals surface area contributed by atoms with Crippen LogP contribution in [0, 0.1) is 0 Å². The zero-order valence-electron chi connectivity index (χ0n) is 11.7. The monoisotopic (exact) mass is 299 g/mol. The highest BCUT2D eigenvalue weighted by atomic mass is 32.2. The minimum Gasteiger partial charge on any atom is -0.329 e. The summed E-state index contributed by atoms with van der Waals surface area (Å²) in [7, 11) is -3.10. The fraction of sp³-hybridized carbons (Fsp3) is 0.833. The molecule has 112 valence electrons. The van der Waals surface area contributed by atoms with Crippen molar-refractivity contribution in [1.29, 1.82) is 0 Å². The summed E-state index contributed by atoms with van der Waals surface area (Å²) in [5.74, 6) is 0.892. The molecule has 1 aliphatic heterocycles. The number of hydrogen-bond acceptors (Lipinski definition) is 6. The van der Waals surface area contributed by atoms with Gasteiger partial charge in [-0.2, -0.15) is 0 Å². The van der Waals surface area contributed by atoms with Gasteiger partial charge in [0, 0.05) is 25.9 Å². The molecule has 3 rings (SSSR count). The highest BCUT2D eigenvalue weighted by Gasteiger charge is 2.51. The molecule has 0 amide bonds. The van der Waals surface area contributed by atoms with E-state index in [9.17, 15) is 8.42 Å². The molecule has 0 aromatic carbocycles. The van der Waals surface area contributed by atoms with Gasteiger partial charge in [0.25, 0.3) is 0 Å². The predicted octanol–water partition coefficient (Wildman–Crippen LogP) is -0.612.